The molecule has 2 heteroatoms. The molecule has 23 heavy (non-hydrogen) atoms. The average Bonchev–Trinajstić information content (AvgIpc) is 3.20. The minimum Gasteiger partial charge on any atom is -0.393 e. The first-order chi connectivity index (χ1) is 11.2. The first kappa shape index (κ1) is 16.7. The normalized spacial score (nSPS) is 37.6. The summed E-state index contributed by atoms with van der Waals surface area (Å²) in [5.74, 6) is 2.43. The summed E-state index contributed by atoms with van der Waals surface area (Å²) >= 11 is 0. The van der Waals surface area contributed by atoms with E-state index in [1.807, 2.05) is 6.08 Å². The maximum atomic E-state index is 12.9. The zero-order valence-corrected chi connectivity index (χ0v) is 14.3. The number of Topliss-reactive ketones (excluding diaryl/α,β-unsaturated/α-hetero) is 1. The van der Waals surface area contributed by atoms with Gasteiger partial charge in [-0.05, 0) is 54.9 Å². The van der Waals surface area contributed by atoms with Crippen LogP contribution in [-0.4, -0.2) is 17.0 Å². The van der Waals surface area contributed by atoms with E-state index in [2.05, 4.69) is 31.7 Å². The van der Waals surface area contributed by atoms with E-state index in [4.69, 9.17) is 0 Å². The number of aliphatic hydroxyl groups excluding tert-OH is 1. The third-order valence-electron chi connectivity index (χ3n) is 6.14. The summed E-state index contributed by atoms with van der Waals surface area (Å²) in [6.07, 6.45) is 15.3. The van der Waals surface area contributed by atoms with Crippen molar-refractivity contribution in [2.24, 2.45) is 29.6 Å². The highest BCUT2D eigenvalue weighted by molar-refractivity contribution is 6.01. The van der Waals surface area contributed by atoms with Crippen molar-refractivity contribution >= 4 is 5.78 Å². The molecule has 0 aromatic carbocycles. The van der Waals surface area contributed by atoms with Crippen LogP contribution in [0.1, 0.15) is 51.9 Å². The van der Waals surface area contributed by atoms with E-state index < -0.39 is 0 Å². The van der Waals surface area contributed by atoms with Crippen molar-refractivity contribution in [2.75, 3.05) is 0 Å². The molecular weight excluding hydrogens is 284 g/mol. The molecule has 0 aromatic heterocycles. The fourth-order valence-electron chi connectivity index (χ4n) is 5.09. The number of fused-ring (bicyclic) bond motifs is 5. The fourth-order valence-corrected chi connectivity index (χ4v) is 5.09. The first-order valence-electron chi connectivity index (χ1n) is 9.38. The third-order valence-corrected chi connectivity index (χ3v) is 6.14. The van der Waals surface area contributed by atoms with Gasteiger partial charge in [0, 0.05) is 5.92 Å². The van der Waals surface area contributed by atoms with Gasteiger partial charge in [0.15, 0.2) is 5.78 Å². The minimum absolute atomic E-state index is 0.207. The number of hydrogen-bond acceptors (Lipinski definition) is 2. The Morgan fingerprint density at radius 2 is 2.13 bits per heavy atom. The quantitative estimate of drug-likeness (QED) is 0.408. The number of allylic oxidation sites excluding steroid dienone is 4. The predicted molar refractivity (Wildman–Crippen MR) is 93.9 cm³/mol. The van der Waals surface area contributed by atoms with Crippen LogP contribution in [0.5, 0.6) is 0 Å². The van der Waals surface area contributed by atoms with Gasteiger partial charge in [-0.1, -0.05) is 50.5 Å². The Morgan fingerprint density at radius 1 is 1.35 bits per heavy atom. The highest BCUT2D eigenvalue weighted by Gasteiger charge is 2.56. The molecule has 0 heterocycles. The maximum absolute atomic E-state index is 12.9. The lowest BCUT2D eigenvalue weighted by Crippen LogP contribution is -2.21. The smallest absolute Gasteiger partial charge is 0.162 e. The van der Waals surface area contributed by atoms with Gasteiger partial charge in [0.25, 0.3) is 0 Å². The Labute approximate surface area is 140 Å². The molecule has 0 radical (unpaired) electrons. The Balaban J connectivity index is 1.69. The second kappa shape index (κ2) is 7.17. The van der Waals surface area contributed by atoms with Crippen LogP contribution in [0.15, 0.2) is 36.5 Å². The maximum Gasteiger partial charge on any atom is 0.162 e. The monoisotopic (exact) mass is 314 g/mol. The van der Waals surface area contributed by atoms with Gasteiger partial charge in [0.1, 0.15) is 0 Å². The molecule has 3 aliphatic rings. The number of carbonyl (C=O) groups is 1. The molecule has 1 N–H and O–H groups in total. The summed E-state index contributed by atoms with van der Waals surface area (Å²) in [7, 11) is 0. The van der Waals surface area contributed by atoms with E-state index >= 15 is 0 Å². The van der Waals surface area contributed by atoms with Gasteiger partial charge >= 0.3 is 0 Å². The summed E-state index contributed by atoms with van der Waals surface area (Å²) in [4.78, 5) is 12.9. The van der Waals surface area contributed by atoms with Crippen LogP contribution in [0.2, 0.25) is 0 Å². The number of unbranched alkanes of at least 4 members (excludes halogenated alkanes) is 2. The first-order valence-corrected chi connectivity index (χ1v) is 9.38. The molecule has 126 valence electrons. The molecule has 3 aliphatic carbocycles. The summed E-state index contributed by atoms with van der Waals surface area (Å²) in [5.41, 5.74) is 0.993. The van der Waals surface area contributed by atoms with Crippen LogP contribution in [0.4, 0.5) is 0 Å². The van der Waals surface area contributed by atoms with Crippen molar-refractivity contribution in [2.45, 2.75) is 58.0 Å². The molecule has 2 fully saturated rings. The zero-order chi connectivity index (χ0) is 16.4. The lowest BCUT2D eigenvalue weighted by atomic mass is 9.79. The number of rotatable bonds is 8. The van der Waals surface area contributed by atoms with Crippen molar-refractivity contribution in [3.63, 3.8) is 0 Å². The summed E-state index contributed by atoms with van der Waals surface area (Å²) in [6, 6.07) is 0. The van der Waals surface area contributed by atoms with E-state index in [9.17, 15) is 9.90 Å². The van der Waals surface area contributed by atoms with Gasteiger partial charge in [-0.25, -0.2) is 0 Å². The molecule has 0 spiro atoms. The van der Waals surface area contributed by atoms with Gasteiger partial charge in [0.05, 0.1) is 6.10 Å². The molecule has 0 saturated heterocycles. The lowest BCUT2D eigenvalue weighted by molar-refractivity contribution is -0.119. The van der Waals surface area contributed by atoms with Crippen molar-refractivity contribution in [3.05, 3.63) is 36.5 Å². The molecule has 3 rings (SSSR count). The molecule has 2 bridgehead atoms. The highest BCUT2D eigenvalue weighted by Crippen LogP contribution is 2.58. The van der Waals surface area contributed by atoms with E-state index in [0.29, 0.717) is 35.9 Å². The van der Waals surface area contributed by atoms with E-state index in [-0.39, 0.29) is 12.0 Å². The Kier molecular flexibility index (Phi) is 5.21. The second-order valence-electron chi connectivity index (χ2n) is 7.59. The summed E-state index contributed by atoms with van der Waals surface area (Å²) < 4.78 is 0. The van der Waals surface area contributed by atoms with Crippen LogP contribution in [0.25, 0.3) is 0 Å². The summed E-state index contributed by atoms with van der Waals surface area (Å²) in [6.45, 7) is 6.07. The zero-order valence-electron chi connectivity index (χ0n) is 14.3. The largest absolute Gasteiger partial charge is 0.393 e. The van der Waals surface area contributed by atoms with Crippen molar-refractivity contribution in [3.8, 4) is 0 Å². The van der Waals surface area contributed by atoms with Gasteiger partial charge in [-0.2, -0.15) is 0 Å². The van der Waals surface area contributed by atoms with Gasteiger partial charge in [-0.15, -0.1) is 6.58 Å². The van der Waals surface area contributed by atoms with Crippen molar-refractivity contribution in [1.82, 2.24) is 0 Å². The van der Waals surface area contributed by atoms with E-state index in [0.717, 1.165) is 24.8 Å². The van der Waals surface area contributed by atoms with Crippen LogP contribution in [0.3, 0.4) is 0 Å². The van der Waals surface area contributed by atoms with E-state index in [1.54, 1.807) is 0 Å². The minimum atomic E-state index is -0.304. The average molecular weight is 314 g/mol. The molecule has 6 atom stereocenters. The molecule has 0 aromatic rings. The number of carbonyl (C=O) groups excluding carboxylic acids is 1. The summed E-state index contributed by atoms with van der Waals surface area (Å²) in [5, 5.41) is 10.2. The fraction of sp³-hybridized carbons (Fsp3) is 0.667. The SMILES string of the molecule is C=CCC1/C(=C\C[C@@H](O)CCCCC)C(=O)C2C3C=CC(C3)C12. The van der Waals surface area contributed by atoms with Gasteiger partial charge in [0.2, 0.25) is 0 Å². The van der Waals surface area contributed by atoms with E-state index in [1.165, 1.54) is 19.3 Å². The van der Waals surface area contributed by atoms with Crippen LogP contribution < -0.4 is 0 Å². The number of aliphatic hydroxyl groups is 1. The van der Waals surface area contributed by atoms with Gasteiger partial charge in [-0.3, -0.25) is 4.79 Å². The lowest BCUT2D eigenvalue weighted by Gasteiger charge is -2.24. The Bertz CT molecular complexity index is 516. The van der Waals surface area contributed by atoms with Crippen LogP contribution in [-0.2, 0) is 4.79 Å². The second-order valence-corrected chi connectivity index (χ2v) is 7.59. The molecule has 2 nitrogen and oxygen atoms in total. The third kappa shape index (κ3) is 3.10. The predicted octanol–water partition coefficient (Wildman–Crippen LogP) is 4.46. The van der Waals surface area contributed by atoms with Crippen molar-refractivity contribution in [1.29, 1.82) is 0 Å². The highest BCUT2D eigenvalue weighted by atomic mass is 16.3. The van der Waals surface area contributed by atoms with Crippen molar-refractivity contribution < 1.29 is 9.90 Å². The molecular formula is C21H30O2. The Hall–Kier alpha value is -1.15. The molecule has 0 aliphatic heterocycles. The number of ketones is 1. The van der Waals surface area contributed by atoms with Crippen LogP contribution in [0, 0.1) is 29.6 Å². The number of hydrogen-bond donors (Lipinski definition) is 1. The van der Waals surface area contributed by atoms with Gasteiger partial charge < -0.3 is 5.11 Å². The molecule has 0 amide bonds. The molecule has 5 unspecified atom stereocenters. The Morgan fingerprint density at radius 3 is 2.87 bits per heavy atom. The topological polar surface area (TPSA) is 37.3 Å². The molecule has 2 saturated carbocycles. The van der Waals surface area contributed by atoms with Crippen LogP contribution >= 0.6 is 0 Å². The standard InChI is InChI=1S/C21H30O2/c1-3-5-6-8-16(22)11-12-18-17(7-4-2)19-14-9-10-15(13-14)20(19)21(18)23/h4,9-10,12,14-17,19-20,22H,2-3,5-8,11,13H2,1H3/b18-12+/t14?,15?,16-,17?,19?,20?/m0/s1.